The predicted molar refractivity (Wildman–Crippen MR) is 54.7 cm³/mol. The van der Waals surface area contributed by atoms with Crippen LogP contribution >= 0.6 is 0 Å². The predicted octanol–water partition coefficient (Wildman–Crippen LogP) is 2.00. The van der Waals surface area contributed by atoms with Gasteiger partial charge in [-0.2, -0.15) is 0 Å². The van der Waals surface area contributed by atoms with Crippen LogP contribution in [-0.4, -0.2) is 16.0 Å². The molecular weight excluding hydrogens is 178 g/mol. The number of fused-ring (bicyclic) bond motifs is 1. The molecule has 0 atom stereocenters. The van der Waals surface area contributed by atoms with Gasteiger partial charge in [0.1, 0.15) is 5.75 Å². The molecule has 2 aromatic rings. The molecule has 0 spiro atoms. The van der Waals surface area contributed by atoms with E-state index in [1.54, 1.807) is 6.07 Å². The molecule has 0 fully saturated rings. The Labute approximate surface area is 81.6 Å². The lowest BCUT2D eigenvalue weighted by atomic mass is 10.1. The Balaban J connectivity index is 2.90. The molecule has 0 bridgehead atoms. The van der Waals surface area contributed by atoms with Crippen LogP contribution in [0.5, 0.6) is 5.75 Å². The minimum absolute atomic E-state index is 0.0706. The van der Waals surface area contributed by atoms with Gasteiger partial charge in [-0.1, -0.05) is 0 Å². The summed E-state index contributed by atoms with van der Waals surface area (Å²) < 4.78 is 1.98. The van der Waals surface area contributed by atoms with Crippen LogP contribution in [0.25, 0.3) is 10.9 Å². The van der Waals surface area contributed by atoms with Crippen molar-refractivity contribution < 1.29 is 9.90 Å². The van der Waals surface area contributed by atoms with Crippen LogP contribution in [0, 0.1) is 6.92 Å². The zero-order valence-electron chi connectivity index (χ0n) is 8.11. The normalized spacial score (nSPS) is 10.7. The highest BCUT2D eigenvalue weighted by Gasteiger charge is 2.09. The van der Waals surface area contributed by atoms with Gasteiger partial charge < -0.3 is 9.67 Å². The highest BCUT2D eigenvalue weighted by Crippen LogP contribution is 2.29. The Morgan fingerprint density at radius 1 is 1.43 bits per heavy atom. The number of rotatable bonds is 1. The summed E-state index contributed by atoms with van der Waals surface area (Å²) in [7, 11) is 1.93. The number of aromatic hydroxyl groups is 1. The first kappa shape index (κ1) is 8.81. The summed E-state index contributed by atoms with van der Waals surface area (Å²) in [5.41, 5.74) is 2.33. The summed E-state index contributed by atoms with van der Waals surface area (Å²) in [4.78, 5) is 10.6. The molecular formula is C11H11NO2. The van der Waals surface area contributed by atoms with Crippen LogP contribution in [-0.2, 0) is 7.05 Å². The van der Waals surface area contributed by atoms with Gasteiger partial charge in [0.05, 0.1) is 11.1 Å². The fourth-order valence-electron chi connectivity index (χ4n) is 1.64. The van der Waals surface area contributed by atoms with E-state index in [9.17, 15) is 9.90 Å². The van der Waals surface area contributed by atoms with Gasteiger partial charge in [-0.3, -0.25) is 4.79 Å². The van der Waals surface area contributed by atoms with E-state index in [4.69, 9.17) is 0 Å². The standard InChI is InChI=1S/C11H11NO2/c1-7-5-9-10(12(7)2)4-3-8(6-13)11(9)14/h3-6,14H,1-2H3. The summed E-state index contributed by atoms with van der Waals surface area (Å²) >= 11 is 0. The molecule has 0 amide bonds. The number of nitrogens with zero attached hydrogens (tertiary/aromatic N) is 1. The fraction of sp³-hybridized carbons (Fsp3) is 0.182. The summed E-state index contributed by atoms with van der Waals surface area (Å²) in [6, 6.07) is 5.34. The number of aldehydes is 1. The van der Waals surface area contributed by atoms with E-state index in [0.717, 1.165) is 16.6 Å². The van der Waals surface area contributed by atoms with Crippen molar-refractivity contribution in [3.63, 3.8) is 0 Å². The van der Waals surface area contributed by atoms with Crippen molar-refractivity contribution >= 4 is 17.2 Å². The molecule has 3 heteroatoms. The van der Waals surface area contributed by atoms with Gasteiger partial charge in [0, 0.05) is 18.1 Å². The lowest BCUT2D eigenvalue weighted by molar-refractivity contribution is 0.112. The topological polar surface area (TPSA) is 42.2 Å². The molecule has 0 aliphatic carbocycles. The number of phenols is 1. The average molecular weight is 189 g/mol. The monoisotopic (exact) mass is 189 g/mol. The molecule has 1 aromatic carbocycles. The average Bonchev–Trinajstić information content (AvgIpc) is 2.46. The highest BCUT2D eigenvalue weighted by molar-refractivity contribution is 5.95. The second-order valence-corrected chi connectivity index (χ2v) is 3.40. The molecule has 0 aliphatic heterocycles. The molecule has 0 saturated carbocycles. The minimum atomic E-state index is 0.0706. The van der Waals surface area contributed by atoms with Crippen LogP contribution in [0.15, 0.2) is 18.2 Å². The molecule has 1 heterocycles. The van der Waals surface area contributed by atoms with Crippen LogP contribution in [0.3, 0.4) is 0 Å². The van der Waals surface area contributed by atoms with Gasteiger partial charge in [0.2, 0.25) is 0 Å². The van der Waals surface area contributed by atoms with Gasteiger partial charge in [0.25, 0.3) is 0 Å². The molecule has 14 heavy (non-hydrogen) atoms. The third-order valence-corrected chi connectivity index (χ3v) is 2.60. The minimum Gasteiger partial charge on any atom is -0.506 e. The van der Waals surface area contributed by atoms with Crippen LogP contribution in [0.4, 0.5) is 0 Å². The first-order valence-electron chi connectivity index (χ1n) is 4.38. The number of carbonyl (C=O) groups is 1. The first-order valence-corrected chi connectivity index (χ1v) is 4.38. The largest absolute Gasteiger partial charge is 0.506 e. The zero-order valence-corrected chi connectivity index (χ0v) is 8.11. The second-order valence-electron chi connectivity index (χ2n) is 3.40. The summed E-state index contributed by atoms with van der Waals surface area (Å²) in [5.74, 6) is 0.0706. The SMILES string of the molecule is Cc1cc2c(O)c(C=O)ccc2n1C. The summed E-state index contributed by atoms with van der Waals surface area (Å²) in [6.45, 7) is 1.96. The van der Waals surface area contributed by atoms with Crippen molar-refractivity contribution in [2.75, 3.05) is 0 Å². The molecule has 0 unspecified atom stereocenters. The Morgan fingerprint density at radius 2 is 2.14 bits per heavy atom. The van der Waals surface area contributed by atoms with Crippen molar-refractivity contribution in [2.45, 2.75) is 6.92 Å². The Hall–Kier alpha value is -1.77. The maximum absolute atomic E-state index is 10.6. The van der Waals surface area contributed by atoms with E-state index >= 15 is 0 Å². The van der Waals surface area contributed by atoms with Crippen LogP contribution in [0.2, 0.25) is 0 Å². The molecule has 1 aromatic heterocycles. The first-order chi connectivity index (χ1) is 6.65. The van der Waals surface area contributed by atoms with Gasteiger partial charge in [-0.05, 0) is 25.1 Å². The van der Waals surface area contributed by atoms with E-state index < -0.39 is 0 Å². The van der Waals surface area contributed by atoms with Crippen molar-refractivity contribution in [3.05, 3.63) is 29.5 Å². The third kappa shape index (κ3) is 1.02. The lowest BCUT2D eigenvalue weighted by Crippen LogP contribution is -1.89. The van der Waals surface area contributed by atoms with Gasteiger partial charge >= 0.3 is 0 Å². The van der Waals surface area contributed by atoms with Crippen molar-refractivity contribution in [1.82, 2.24) is 4.57 Å². The van der Waals surface area contributed by atoms with E-state index in [1.165, 1.54) is 0 Å². The second kappa shape index (κ2) is 2.87. The summed E-state index contributed by atoms with van der Waals surface area (Å²) in [5, 5.41) is 10.5. The zero-order chi connectivity index (χ0) is 10.3. The lowest BCUT2D eigenvalue weighted by Gasteiger charge is -2.01. The number of hydrogen-bond donors (Lipinski definition) is 1. The maximum Gasteiger partial charge on any atom is 0.153 e. The molecule has 0 saturated heterocycles. The molecule has 1 N–H and O–H groups in total. The van der Waals surface area contributed by atoms with E-state index in [-0.39, 0.29) is 5.75 Å². The molecule has 3 nitrogen and oxygen atoms in total. The number of hydrogen-bond acceptors (Lipinski definition) is 2. The Morgan fingerprint density at radius 3 is 2.79 bits per heavy atom. The molecule has 2 rings (SSSR count). The van der Waals surface area contributed by atoms with Crippen molar-refractivity contribution in [3.8, 4) is 5.75 Å². The van der Waals surface area contributed by atoms with Gasteiger partial charge in [-0.25, -0.2) is 0 Å². The number of carbonyl (C=O) groups excluding carboxylic acids is 1. The molecule has 72 valence electrons. The molecule has 0 aliphatic rings. The van der Waals surface area contributed by atoms with E-state index in [2.05, 4.69) is 0 Å². The maximum atomic E-state index is 10.6. The number of aromatic nitrogens is 1. The smallest absolute Gasteiger partial charge is 0.153 e. The fourth-order valence-corrected chi connectivity index (χ4v) is 1.64. The Kier molecular flexibility index (Phi) is 1.81. The number of phenolic OH excluding ortho intramolecular Hbond substituents is 1. The van der Waals surface area contributed by atoms with E-state index in [0.29, 0.717) is 11.8 Å². The highest BCUT2D eigenvalue weighted by atomic mass is 16.3. The molecule has 0 radical (unpaired) electrons. The van der Waals surface area contributed by atoms with Crippen molar-refractivity contribution in [2.24, 2.45) is 7.05 Å². The van der Waals surface area contributed by atoms with Gasteiger partial charge in [-0.15, -0.1) is 0 Å². The number of benzene rings is 1. The summed E-state index contributed by atoms with van der Waals surface area (Å²) in [6.07, 6.45) is 0.664. The quantitative estimate of drug-likeness (QED) is 0.697. The van der Waals surface area contributed by atoms with Gasteiger partial charge in [0.15, 0.2) is 6.29 Å². The van der Waals surface area contributed by atoms with Crippen LogP contribution in [0.1, 0.15) is 16.1 Å². The Bertz CT molecular complexity index is 511. The van der Waals surface area contributed by atoms with E-state index in [1.807, 2.05) is 30.7 Å². The van der Waals surface area contributed by atoms with Crippen molar-refractivity contribution in [1.29, 1.82) is 0 Å². The van der Waals surface area contributed by atoms with Crippen LogP contribution < -0.4 is 0 Å². The third-order valence-electron chi connectivity index (χ3n) is 2.60. The number of aryl methyl sites for hydroxylation is 2.